The minimum Gasteiger partial charge on any atom is -0.383 e. The van der Waals surface area contributed by atoms with Gasteiger partial charge in [-0.15, -0.1) is 0 Å². The molecule has 2 N–H and O–H groups in total. The van der Waals surface area contributed by atoms with Crippen molar-refractivity contribution < 1.29 is 4.39 Å². The zero-order chi connectivity index (χ0) is 15.0. The quantitative estimate of drug-likeness (QED) is 0.921. The molecule has 1 atom stereocenters. The van der Waals surface area contributed by atoms with E-state index in [1.54, 1.807) is 17.8 Å². The third kappa shape index (κ3) is 2.52. The van der Waals surface area contributed by atoms with Crippen LogP contribution in [0.2, 0.25) is 5.02 Å². The van der Waals surface area contributed by atoms with Crippen molar-refractivity contribution in [1.29, 1.82) is 0 Å². The molecule has 3 nitrogen and oxygen atoms in total. The van der Waals surface area contributed by atoms with E-state index in [1.165, 1.54) is 12.1 Å². The second-order valence-corrected chi connectivity index (χ2v) is 5.83. The number of aromatic nitrogens is 2. The van der Waals surface area contributed by atoms with E-state index in [4.69, 9.17) is 17.3 Å². The number of hydrogen-bond acceptors (Lipinski definition) is 2. The third-order valence-electron chi connectivity index (χ3n) is 3.75. The van der Waals surface area contributed by atoms with E-state index < -0.39 is 0 Å². The number of nitrogens with two attached hydrogens (primary N) is 1. The van der Waals surface area contributed by atoms with Crippen molar-refractivity contribution in [3.05, 3.63) is 34.7 Å². The first-order chi connectivity index (χ1) is 9.32. The molecule has 108 valence electrons. The molecule has 2 rings (SSSR count). The number of nitrogen functional groups attached to an aromatic ring is 1. The van der Waals surface area contributed by atoms with Crippen LogP contribution in [0.4, 0.5) is 10.2 Å². The molecule has 1 unspecified atom stereocenters. The Bertz CT molecular complexity index is 634. The molecule has 1 aromatic carbocycles. The van der Waals surface area contributed by atoms with E-state index in [1.807, 2.05) is 0 Å². The van der Waals surface area contributed by atoms with Crippen molar-refractivity contribution in [2.24, 2.45) is 13.0 Å². The van der Waals surface area contributed by atoms with E-state index in [0.29, 0.717) is 16.8 Å². The summed E-state index contributed by atoms with van der Waals surface area (Å²) in [4.78, 5) is 0. The van der Waals surface area contributed by atoms with E-state index in [2.05, 4.69) is 25.9 Å². The minimum atomic E-state index is -0.361. The number of halogens is 2. The molecule has 0 amide bonds. The second-order valence-electron chi connectivity index (χ2n) is 5.43. The van der Waals surface area contributed by atoms with Gasteiger partial charge in [-0.05, 0) is 24.1 Å². The minimum absolute atomic E-state index is 0.231. The maximum Gasteiger partial charge on any atom is 0.129 e. The van der Waals surface area contributed by atoms with Gasteiger partial charge in [0.15, 0.2) is 0 Å². The summed E-state index contributed by atoms with van der Waals surface area (Å²) in [5.41, 5.74) is 8.55. The summed E-state index contributed by atoms with van der Waals surface area (Å²) in [5.74, 6) is 0.831. The maximum absolute atomic E-state index is 13.2. The molecule has 0 spiro atoms. The molecule has 5 heteroatoms. The number of anilines is 1. The zero-order valence-electron chi connectivity index (χ0n) is 12.1. The number of nitrogens with zero attached hydrogens (tertiary/aromatic N) is 2. The van der Waals surface area contributed by atoms with E-state index in [-0.39, 0.29) is 11.7 Å². The van der Waals surface area contributed by atoms with E-state index >= 15 is 0 Å². The molecule has 0 saturated carbocycles. The SMILES string of the molecule is CC(C)C(C)c1nn(C)c(N)c1-c1ccc(F)cc1Cl. The largest absolute Gasteiger partial charge is 0.383 e. The smallest absolute Gasteiger partial charge is 0.129 e. The molecular weight excluding hydrogens is 277 g/mol. The van der Waals surface area contributed by atoms with Gasteiger partial charge in [0, 0.05) is 24.1 Å². The average molecular weight is 296 g/mol. The fourth-order valence-electron chi connectivity index (χ4n) is 2.16. The lowest BCUT2D eigenvalue weighted by atomic mass is 9.90. The van der Waals surface area contributed by atoms with Crippen LogP contribution in [0.1, 0.15) is 32.4 Å². The molecular formula is C15H19ClFN3. The second kappa shape index (κ2) is 5.44. The number of benzene rings is 1. The highest BCUT2D eigenvalue weighted by atomic mass is 35.5. The highest BCUT2D eigenvalue weighted by molar-refractivity contribution is 6.33. The lowest BCUT2D eigenvalue weighted by molar-refractivity contribution is 0.517. The summed E-state index contributed by atoms with van der Waals surface area (Å²) in [6.07, 6.45) is 0. The van der Waals surface area contributed by atoms with E-state index in [9.17, 15) is 4.39 Å². The van der Waals surface area contributed by atoms with E-state index in [0.717, 1.165) is 16.8 Å². The van der Waals surface area contributed by atoms with Gasteiger partial charge in [-0.25, -0.2) is 4.39 Å². The Morgan fingerprint density at radius 3 is 2.50 bits per heavy atom. The summed E-state index contributed by atoms with van der Waals surface area (Å²) in [6, 6.07) is 4.34. The molecule has 20 heavy (non-hydrogen) atoms. The van der Waals surface area contributed by atoms with Gasteiger partial charge in [-0.1, -0.05) is 32.4 Å². The average Bonchev–Trinajstić information content (AvgIpc) is 2.65. The topological polar surface area (TPSA) is 43.8 Å². The molecule has 0 radical (unpaired) electrons. The molecule has 0 fully saturated rings. The molecule has 0 saturated heterocycles. The van der Waals surface area contributed by atoms with Crippen LogP contribution < -0.4 is 5.73 Å². The Labute approximate surface area is 123 Å². The van der Waals surface area contributed by atoms with Crippen molar-refractivity contribution in [2.75, 3.05) is 5.73 Å². The summed E-state index contributed by atoms with van der Waals surface area (Å²) in [6.45, 7) is 6.37. The van der Waals surface area contributed by atoms with Crippen LogP contribution in [0.3, 0.4) is 0 Å². The summed E-state index contributed by atoms with van der Waals surface area (Å²) >= 11 is 6.17. The fraction of sp³-hybridized carbons (Fsp3) is 0.400. The Balaban J connectivity index is 2.66. The van der Waals surface area contributed by atoms with Crippen LogP contribution >= 0.6 is 11.6 Å². The number of hydrogen-bond donors (Lipinski definition) is 1. The van der Waals surface area contributed by atoms with Crippen molar-refractivity contribution in [3.63, 3.8) is 0 Å². The highest BCUT2D eigenvalue weighted by Gasteiger charge is 2.24. The maximum atomic E-state index is 13.2. The standard InChI is InChI=1S/C15H19ClFN3/c1-8(2)9(3)14-13(15(18)20(4)19-14)11-6-5-10(17)7-12(11)16/h5-9H,18H2,1-4H3. The van der Waals surface area contributed by atoms with Gasteiger partial charge in [0.2, 0.25) is 0 Å². The number of aryl methyl sites for hydroxylation is 1. The molecule has 2 aromatic rings. The first-order valence-electron chi connectivity index (χ1n) is 6.60. The van der Waals surface area contributed by atoms with Crippen molar-refractivity contribution in [2.45, 2.75) is 26.7 Å². The van der Waals surface area contributed by atoms with Crippen LogP contribution in [-0.2, 0) is 7.05 Å². The lowest BCUT2D eigenvalue weighted by Gasteiger charge is -2.15. The van der Waals surface area contributed by atoms with Crippen molar-refractivity contribution in [3.8, 4) is 11.1 Å². The van der Waals surface area contributed by atoms with Gasteiger partial charge in [0.25, 0.3) is 0 Å². The Morgan fingerprint density at radius 1 is 1.30 bits per heavy atom. The highest BCUT2D eigenvalue weighted by Crippen LogP contribution is 2.39. The van der Waals surface area contributed by atoms with Crippen LogP contribution in [0, 0.1) is 11.7 Å². The lowest BCUT2D eigenvalue weighted by Crippen LogP contribution is -2.05. The predicted molar refractivity (Wildman–Crippen MR) is 81.3 cm³/mol. The molecule has 0 bridgehead atoms. The van der Waals surface area contributed by atoms with Crippen LogP contribution in [0.25, 0.3) is 11.1 Å². The van der Waals surface area contributed by atoms with Crippen LogP contribution in [0.5, 0.6) is 0 Å². The first kappa shape index (κ1) is 14.9. The van der Waals surface area contributed by atoms with Crippen molar-refractivity contribution >= 4 is 17.4 Å². The summed E-state index contributed by atoms with van der Waals surface area (Å²) in [7, 11) is 1.80. The monoisotopic (exact) mass is 295 g/mol. The molecule has 1 aromatic heterocycles. The fourth-order valence-corrected chi connectivity index (χ4v) is 2.42. The van der Waals surface area contributed by atoms with Gasteiger partial charge in [-0.3, -0.25) is 4.68 Å². The molecule has 0 aliphatic heterocycles. The zero-order valence-corrected chi connectivity index (χ0v) is 12.9. The van der Waals surface area contributed by atoms with Crippen molar-refractivity contribution in [1.82, 2.24) is 9.78 Å². The summed E-state index contributed by atoms with van der Waals surface area (Å²) < 4.78 is 14.9. The van der Waals surface area contributed by atoms with Crippen LogP contribution in [0.15, 0.2) is 18.2 Å². The van der Waals surface area contributed by atoms with Crippen LogP contribution in [-0.4, -0.2) is 9.78 Å². The van der Waals surface area contributed by atoms with Gasteiger partial charge < -0.3 is 5.73 Å². The molecule has 0 aliphatic carbocycles. The predicted octanol–water partition coefficient (Wildman–Crippen LogP) is 4.22. The van der Waals surface area contributed by atoms with Gasteiger partial charge in [0.1, 0.15) is 11.6 Å². The number of rotatable bonds is 3. The summed E-state index contributed by atoms with van der Waals surface area (Å²) in [5, 5.41) is 4.86. The Kier molecular flexibility index (Phi) is 4.04. The molecule has 0 aliphatic rings. The third-order valence-corrected chi connectivity index (χ3v) is 4.06. The van der Waals surface area contributed by atoms with Gasteiger partial charge in [0.05, 0.1) is 10.7 Å². The Morgan fingerprint density at radius 2 is 1.95 bits per heavy atom. The normalized spacial score (nSPS) is 12.9. The van der Waals surface area contributed by atoms with Gasteiger partial charge in [-0.2, -0.15) is 5.10 Å². The first-order valence-corrected chi connectivity index (χ1v) is 6.98. The Hall–Kier alpha value is -1.55. The molecule has 1 heterocycles. The van der Waals surface area contributed by atoms with Gasteiger partial charge >= 0.3 is 0 Å².